The monoisotopic (exact) mass is 420 g/mol. The number of halogens is 1. The summed E-state index contributed by atoms with van der Waals surface area (Å²) in [5.74, 6) is 2.41. The maximum atomic E-state index is 14.4. The van der Waals surface area contributed by atoms with Crippen LogP contribution in [0.15, 0.2) is 24.5 Å². The minimum absolute atomic E-state index is 0.179. The van der Waals surface area contributed by atoms with Crippen LogP contribution in [0.2, 0.25) is 0 Å². The summed E-state index contributed by atoms with van der Waals surface area (Å²) in [6, 6.07) is 3.40. The van der Waals surface area contributed by atoms with E-state index < -0.39 is 0 Å². The van der Waals surface area contributed by atoms with Crippen molar-refractivity contribution in [2.75, 3.05) is 30.4 Å². The molecule has 4 aromatic rings. The summed E-state index contributed by atoms with van der Waals surface area (Å²) in [6.07, 6.45) is 3.17. The van der Waals surface area contributed by atoms with E-state index in [4.69, 9.17) is 15.5 Å². The average molecular weight is 420 g/mol. The summed E-state index contributed by atoms with van der Waals surface area (Å²) in [6.45, 7) is 3.43. The number of aromatic amines is 1. The fraction of sp³-hybridized carbons (Fsp3) is 0.333. The normalized spacial score (nSPS) is 22.2. The number of aromatic nitrogens is 5. The zero-order chi connectivity index (χ0) is 21.3. The minimum Gasteiger partial charge on any atom is -0.421 e. The van der Waals surface area contributed by atoms with Gasteiger partial charge >= 0.3 is 6.01 Å². The number of fused-ring (bicyclic) bond motifs is 4. The van der Waals surface area contributed by atoms with Crippen LogP contribution in [0.4, 0.5) is 15.9 Å². The third-order valence-corrected chi connectivity index (χ3v) is 6.28. The lowest BCUT2D eigenvalue weighted by atomic mass is 10.1. The van der Waals surface area contributed by atoms with Crippen molar-refractivity contribution in [3.63, 3.8) is 0 Å². The third-order valence-electron chi connectivity index (χ3n) is 6.28. The van der Waals surface area contributed by atoms with E-state index >= 15 is 0 Å². The first kappa shape index (κ1) is 18.3. The highest BCUT2D eigenvalue weighted by Crippen LogP contribution is 2.47. The van der Waals surface area contributed by atoms with E-state index in [1.807, 2.05) is 0 Å². The predicted molar refractivity (Wildman–Crippen MR) is 115 cm³/mol. The van der Waals surface area contributed by atoms with Gasteiger partial charge in [0, 0.05) is 31.6 Å². The van der Waals surface area contributed by atoms with E-state index in [0.717, 1.165) is 29.4 Å². The van der Waals surface area contributed by atoms with Crippen LogP contribution in [0.3, 0.4) is 0 Å². The zero-order valence-corrected chi connectivity index (χ0v) is 17.1. The topological polar surface area (TPSA) is 118 Å². The number of piperidine rings is 1. The van der Waals surface area contributed by atoms with Gasteiger partial charge in [-0.3, -0.25) is 0 Å². The molecule has 31 heavy (non-hydrogen) atoms. The molecule has 3 aromatic heterocycles. The standard InChI is InChI=1S/C21H21FN8O/c1-9-25-5-11(6-26-9)31-21-28-19-16(12-3-10(22)4-15(24-2)18(12)27-19)20(29-21)30-7-13-14(8-30)17(13)23/h3-6,13-14,17,24H,7-8,23H2,1-2H3,(H,27,28,29)/t13-,14?,17?/m0/s1. The number of ether oxygens (including phenoxy) is 1. The Morgan fingerprint density at radius 1 is 1.19 bits per heavy atom. The Kier molecular flexibility index (Phi) is 3.82. The molecule has 3 atom stereocenters. The molecule has 2 unspecified atom stereocenters. The molecular formula is C21H21FN8O. The number of aryl methyl sites for hydroxylation is 1. The Morgan fingerprint density at radius 2 is 1.94 bits per heavy atom. The second kappa shape index (κ2) is 6.48. The minimum atomic E-state index is -0.327. The first-order valence-corrected chi connectivity index (χ1v) is 10.2. The van der Waals surface area contributed by atoms with Gasteiger partial charge in [0.05, 0.1) is 29.0 Å². The Labute approximate surface area is 176 Å². The zero-order valence-electron chi connectivity index (χ0n) is 17.1. The number of rotatable bonds is 4. The molecule has 0 amide bonds. The fourth-order valence-corrected chi connectivity index (χ4v) is 4.58. The van der Waals surface area contributed by atoms with E-state index in [1.165, 1.54) is 12.1 Å². The Balaban J connectivity index is 1.53. The van der Waals surface area contributed by atoms with Gasteiger partial charge in [-0.25, -0.2) is 14.4 Å². The van der Waals surface area contributed by atoms with Crippen molar-refractivity contribution in [1.29, 1.82) is 0 Å². The van der Waals surface area contributed by atoms with Gasteiger partial charge in [-0.2, -0.15) is 9.97 Å². The summed E-state index contributed by atoms with van der Waals surface area (Å²) in [5, 5.41) is 4.54. The highest BCUT2D eigenvalue weighted by Gasteiger charge is 2.54. The number of nitrogens with two attached hydrogens (primary N) is 1. The Morgan fingerprint density at radius 3 is 2.65 bits per heavy atom. The van der Waals surface area contributed by atoms with Crippen LogP contribution in [0, 0.1) is 24.6 Å². The van der Waals surface area contributed by atoms with E-state index in [0.29, 0.717) is 40.6 Å². The van der Waals surface area contributed by atoms with Crippen LogP contribution in [0.25, 0.3) is 21.9 Å². The van der Waals surface area contributed by atoms with Gasteiger partial charge in [0.1, 0.15) is 23.1 Å². The molecule has 6 rings (SSSR count). The molecule has 0 spiro atoms. The number of hydrogen-bond acceptors (Lipinski definition) is 8. The molecule has 1 aliphatic heterocycles. The summed E-state index contributed by atoms with van der Waals surface area (Å²) in [5.41, 5.74) is 8.14. The maximum absolute atomic E-state index is 14.4. The number of H-pyrrole nitrogens is 1. The highest BCUT2D eigenvalue weighted by molar-refractivity contribution is 6.14. The van der Waals surface area contributed by atoms with Crippen LogP contribution >= 0.6 is 0 Å². The molecule has 4 heterocycles. The second-order valence-electron chi connectivity index (χ2n) is 8.18. The van der Waals surface area contributed by atoms with Gasteiger partial charge in [-0.05, 0) is 30.9 Å². The van der Waals surface area contributed by atoms with Crippen LogP contribution < -0.4 is 20.7 Å². The van der Waals surface area contributed by atoms with Gasteiger partial charge in [0.2, 0.25) is 0 Å². The first-order chi connectivity index (χ1) is 15.0. The summed E-state index contributed by atoms with van der Waals surface area (Å²) in [4.78, 5) is 23.1. The first-order valence-electron chi connectivity index (χ1n) is 10.2. The quantitative estimate of drug-likeness (QED) is 0.461. The molecule has 1 aliphatic carbocycles. The van der Waals surface area contributed by atoms with Crippen molar-refractivity contribution in [1.82, 2.24) is 24.9 Å². The van der Waals surface area contributed by atoms with Crippen LogP contribution in [0.1, 0.15) is 5.82 Å². The highest BCUT2D eigenvalue weighted by atomic mass is 19.1. The molecule has 2 fully saturated rings. The van der Waals surface area contributed by atoms with Gasteiger partial charge in [-0.15, -0.1) is 0 Å². The molecule has 10 heteroatoms. The SMILES string of the molecule is CNc1cc(F)cc2c1[nH]c1nc(Oc3cnc(C)nc3)nc(N3CC4C(N)[C@H]4C3)c12. The third kappa shape index (κ3) is 2.86. The van der Waals surface area contributed by atoms with Crippen molar-refractivity contribution in [3.05, 3.63) is 36.2 Å². The lowest BCUT2D eigenvalue weighted by molar-refractivity contribution is 0.439. The lowest BCUT2D eigenvalue weighted by Crippen LogP contribution is -2.29. The summed E-state index contributed by atoms with van der Waals surface area (Å²) < 4.78 is 20.2. The lowest BCUT2D eigenvalue weighted by Gasteiger charge is -2.21. The number of anilines is 2. The largest absolute Gasteiger partial charge is 0.421 e. The number of hydrogen-bond donors (Lipinski definition) is 3. The average Bonchev–Trinajstić information content (AvgIpc) is 3.12. The maximum Gasteiger partial charge on any atom is 0.326 e. The van der Waals surface area contributed by atoms with Crippen LogP contribution in [-0.2, 0) is 0 Å². The molecule has 1 saturated carbocycles. The van der Waals surface area contributed by atoms with E-state index in [9.17, 15) is 4.39 Å². The van der Waals surface area contributed by atoms with Gasteiger partial charge in [0.25, 0.3) is 0 Å². The summed E-state index contributed by atoms with van der Waals surface area (Å²) in [7, 11) is 1.76. The molecule has 158 valence electrons. The van der Waals surface area contributed by atoms with Crippen LogP contribution in [0.5, 0.6) is 11.8 Å². The van der Waals surface area contributed by atoms with Crippen LogP contribution in [-0.4, -0.2) is 51.1 Å². The summed E-state index contributed by atoms with van der Waals surface area (Å²) >= 11 is 0. The van der Waals surface area contributed by atoms with Crippen molar-refractivity contribution < 1.29 is 9.13 Å². The Hall–Kier alpha value is -3.53. The fourth-order valence-electron chi connectivity index (χ4n) is 4.58. The van der Waals surface area contributed by atoms with Gasteiger partial charge in [0.15, 0.2) is 5.75 Å². The van der Waals surface area contributed by atoms with E-state index in [1.54, 1.807) is 26.4 Å². The van der Waals surface area contributed by atoms with E-state index in [2.05, 4.69) is 30.2 Å². The smallest absolute Gasteiger partial charge is 0.326 e. The molecule has 4 N–H and O–H groups in total. The molecule has 0 radical (unpaired) electrons. The van der Waals surface area contributed by atoms with E-state index in [-0.39, 0.29) is 17.9 Å². The molecule has 1 aromatic carbocycles. The molecule has 9 nitrogen and oxygen atoms in total. The van der Waals surface area contributed by atoms with Crippen molar-refractivity contribution in [3.8, 4) is 11.8 Å². The number of nitrogens with one attached hydrogen (secondary N) is 2. The molecule has 1 saturated heterocycles. The Bertz CT molecular complexity index is 1310. The molecular weight excluding hydrogens is 399 g/mol. The van der Waals surface area contributed by atoms with Crippen molar-refractivity contribution >= 4 is 33.4 Å². The second-order valence-corrected chi connectivity index (χ2v) is 8.18. The van der Waals surface area contributed by atoms with Gasteiger partial charge in [-0.1, -0.05) is 0 Å². The van der Waals surface area contributed by atoms with Crippen molar-refractivity contribution in [2.24, 2.45) is 17.6 Å². The predicted octanol–water partition coefficient (Wildman–Crippen LogP) is 2.58. The number of nitrogens with zero attached hydrogens (tertiary/aromatic N) is 5. The molecule has 2 aliphatic rings. The molecule has 0 bridgehead atoms. The number of benzene rings is 1. The van der Waals surface area contributed by atoms with Crippen molar-refractivity contribution in [2.45, 2.75) is 13.0 Å². The van der Waals surface area contributed by atoms with Gasteiger partial charge < -0.3 is 25.7 Å².